The topological polar surface area (TPSA) is 54.9 Å². The van der Waals surface area contributed by atoms with Crippen LogP contribution in [0.2, 0.25) is 0 Å². The number of aliphatic imine (C=N–C) groups is 1. The number of nitrogens with one attached hydrogen (secondary N) is 2. The Morgan fingerprint density at radius 1 is 1.00 bits per heavy atom. The van der Waals surface area contributed by atoms with Gasteiger partial charge in [0.05, 0.1) is 19.8 Å². The van der Waals surface area contributed by atoms with E-state index in [0.29, 0.717) is 38.9 Å². The second-order valence-corrected chi connectivity index (χ2v) is 5.45. The van der Waals surface area contributed by atoms with E-state index in [1.54, 1.807) is 7.05 Å². The number of guanidine groups is 1. The van der Waals surface area contributed by atoms with Crippen LogP contribution in [0.15, 0.2) is 23.2 Å². The molecule has 0 heterocycles. The second kappa shape index (κ2) is 16.2. The molecule has 0 aliphatic heterocycles. The fourth-order valence-corrected chi connectivity index (χ4v) is 2.11. The van der Waals surface area contributed by atoms with E-state index in [9.17, 15) is 8.78 Å². The maximum absolute atomic E-state index is 13.5. The molecular weight excluding hydrogens is 455 g/mol. The van der Waals surface area contributed by atoms with Crippen LogP contribution in [0.3, 0.4) is 0 Å². The van der Waals surface area contributed by atoms with Gasteiger partial charge in [0.1, 0.15) is 11.6 Å². The minimum Gasteiger partial charge on any atom is -0.379 e. The molecule has 0 aliphatic carbocycles. The van der Waals surface area contributed by atoms with Crippen LogP contribution < -0.4 is 10.6 Å². The molecule has 0 amide bonds. The highest BCUT2D eigenvalue weighted by Crippen LogP contribution is 2.11. The van der Waals surface area contributed by atoms with E-state index in [2.05, 4.69) is 22.5 Å². The lowest BCUT2D eigenvalue weighted by Gasteiger charge is -2.12. The van der Waals surface area contributed by atoms with Crippen molar-refractivity contribution in [2.75, 3.05) is 46.6 Å². The fraction of sp³-hybridized carbons (Fsp3) is 0.611. The number of ether oxygens (including phenoxy) is 2. The lowest BCUT2D eigenvalue weighted by molar-refractivity contribution is 0.0487. The van der Waals surface area contributed by atoms with Crippen LogP contribution in [0.25, 0.3) is 0 Å². The van der Waals surface area contributed by atoms with Crippen LogP contribution in [0, 0.1) is 11.6 Å². The fourth-order valence-electron chi connectivity index (χ4n) is 2.11. The molecule has 0 atom stereocenters. The molecule has 8 heteroatoms. The van der Waals surface area contributed by atoms with Gasteiger partial charge < -0.3 is 20.1 Å². The first-order valence-electron chi connectivity index (χ1n) is 8.72. The molecule has 1 rings (SSSR count). The Hall–Kier alpha value is -1.000. The quantitative estimate of drug-likeness (QED) is 0.207. The maximum atomic E-state index is 13.5. The van der Waals surface area contributed by atoms with Crippen LogP contribution in [0.1, 0.15) is 25.3 Å². The zero-order valence-corrected chi connectivity index (χ0v) is 17.9. The molecule has 0 aromatic heterocycles. The molecule has 0 spiro atoms. The predicted molar refractivity (Wildman–Crippen MR) is 111 cm³/mol. The summed E-state index contributed by atoms with van der Waals surface area (Å²) in [5, 5.41) is 6.10. The van der Waals surface area contributed by atoms with Crippen molar-refractivity contribution < 1.29 is 18.3 Å². The van der Waals surface area contributed by atoms with Gasteiger partial charge in [-0.05, 0) is 25.0 Å². The zero-order valence-electron chi connectivity index (χ0n) is 15.5. The Bertz CT molecular complexity index is 499. The van der Waals surface area contributed by atoms with E-state index in [-0.39, 0.29) is 36.0 Å². The number of nitrogens with zero attached hydrogens (tertiary/aromatic N) is 1. The molecular formula is C18H30F2IN3O2. The number of rotatable bonds is 12. The molecule has 0 unspecified atom stereocenters. The van der Waals surface area contributed by atoms with Crippen LogP contribution >= 0.6 is 24.0 Å². The molecule has 0 aliphatic rings. The second-order valence-electron chi connectivity index (χ2n) is 5.45. The number of unbranched alkanes of at least 4 members (excludes halogenated alkanes) is 1. The molecule has 5 nitrogen and oxygen atoms in total. The first-order chi connectivity index (χ1) is 12.2. The van der Waals surface area contributed by atoms with Crippen LogP contribution in [-0.2, 0) is 15.9 Å². The molecule has 0 radical (unpaired) electrons. The van der Waals surface area contributed by atoms with Crippen molar-refractivity contribution in [1.82, 2.24) is 10.6 Å². The lowest BCUT2D eigenvalue weighted by atomic mass is 10.1. The van der Waals surface area contributed by atoms with Crippen LogP contribution in [0.5, 0.6) is 0 Å². The SMILES string of the molecule is CCCCOCCOCCNC(=NC)NCCc1c(F)cccc1F.I. The van der Waals surface area contributed by atoms with Gasteiger partial charge in [-0.2, -0.15) is 0 Å². The highest BCUT2D eigenvalue weighted by atomic mass is 127. The van der Waals surface area contributed by atoms with Gasteiger partial charge in [-0.1, -0.05) is 19.4 Å². The summed E-state index contributed by atoms with van der Waals surface area (Å²) in [5.74, 6) is -0.488. The van der Waals surface area contributed by atoms with Gasteiger partial charge in [0, 0.05) is 32.3 Å². The largest absolute Gasteiger partial charge is 0.379 e. The molecule has 0 bridgehead atoms. The summed E-state index contributed by atoms with van der Waals surface area (Å²) in [5.41, 5.74) is 0.0804. The molecule has 150 valence electrons. The smallest absolute Gasteiger partial charge is 0.191 e. The zero-order chi connectivity index (χ0) is 18.3. The van der Waals surface area contributed by atoms with Gasteiger partial charge in [0.25, 0.3) is 0 Å². The Morgan fingerprint density at radius 3 is 2.23 bits per heavy atom. The average Bonchev–Trinajstić information content (AvgIpc) is 2.61. The Morgan fingerprint density at radius 2 is 1.62 bits per heavy atom. The molecule has 2 N–H and O–H groups in total. The Balaban J connectivity index is 0.00000625. The van der Waals surface area contributed by atoms with Gasteiger partial charge in [-0.15, -0.1) is 24.0 Å². The summed E-state index contributed by atoms with van der Waals surface area (Å²) in [6.07, 6.45) is 2.44. The van der Waals surface area contributed by atoms with Crippen molar-refractivity contribution in [3.05, 3.63) is 35.4 Å². The molecule has 0 saturated heterocycles. The lowest BCUT2D eigenvalue weighted by Crippen LogP contribution is -2.40. The van der Waals surface area contributed by atoms with Gasteiger partial charge in [0.15, 0.2) is 5.96 Å². The normalized spacial score (nSPS) is 11.2. The summed E-state index contributed by atoms with van der Waals surface area (Å²) >= 11 is 0. The summed E-state index contributed by atoms with van der Waals surface area (Å²) in [4.78, 5) is 4.06. The number of hydrogen-bond acceptors (Lipinski definition) is 3. The van der Waals surface area contributed by atoms with E-state index in [4.69, 9.17) is 9.47 Å². The minimum atomic E-state index is -0.528. The summed E-state index contributed by atoms with van der Waals surface area (Å²) in [7, 11) is 1.64. The monoisotopic (exact) mass is 485 g/mol. The number of halogens is 3. The van der Waals surface area contributed by atoms with Gasteiger partial charge in [0.2, 0.25) is 0 Å². The van der Waals surface area contributed by atoms with E-state index >= 15 is 0 Å². The summed E-state index contributed by atoms with van der Waals surface area (Å²) in [6, 6.07) is 3.88. The molecule has 26 heavy (non-hydrogen) atoms. The molecule has 1 aromatic rings. The predicted octanol–water partition coefficient (Wildman–Crippen LogP) is 3.12. The molecule has 0 fully saturated rings. The van der Waals surface area contributed by atoms with Gasteiger partial charge in [-0.25, -0.2) is 8.78 Å². The van der Waals surface area contributed by atoms with E-state index in [1.165, 1.54) is 18.2 Å². The van der Waals surface area contributed by atoms with E-state index < -0.39 is 11.6 Å². The van der Waals surface area contributed by atoms with Crippen molar-refractivity contribution in [2.45, 2.75) is 26.2 Å². The van der Waals surface area contributed by atoms with Crippen molar-refractivity contribution >= 4 is 29.9 Å². The third-order valence-corrected chi connectivity index (χ3v) is 3.51. The number of hydrogen-bond donors (Lipinski definition) is 2. The van der Waals surface area contributed by atoms with Crippen LogP contribution in [-0.4, -0.2) is 52.5 Å². The van der Waals surface area contributed by atoms with Crippen molar-refractivity contribution in [3.8, 4) is 0 Å². The Labute approximate surface area is 172 Å². The average molecular weight is 485 g/mol. The van der Waals surface area contributed by atoms with E-state index in [1.807, 2.05) is 0 Å². The van der Waals surface area contributed by atoms with Gasteiger partial charge >= 0.3 is 0 Å². The first kappa shape index (κ1) is 25.0. The van der Waals surface area contributed by atoms with Crippen molar-refractivity contribution in [1.29, 1.82) is 0 Å². The molecule has 1 aromatic carbocycles. The summed E-state index contributed by atoms with van der Waals surface area (Å²) < 4.78 is 37.9. The minimum absolute atomic E-state index is 0. The first-order valence-corrected chi connectivity index (χ1v) is 8.72. The standard InChI is InChI=1S/C18H29F2N3O2.HI/c1-3-4-11-24-13-14-25-12-10-23-18(21-2)22-9-8-15-16(19)6-5-7-17(15)20;/h5-7H,3-4,8-14H2,1-2H3,(H2,21,22,23);1H. The van der Waals surface area contributed by atoms with Gasteiger partial charge in [-0.3, -0.25) is 4.99 Å². The molecule has 0 saturated carbocycles. The highest BCUT2D eigenvalue weighted by molar-refractivity contribution is 14.0. The Kier molecular flexibility index (Phi) is 15.6. The summed E-state index contributed by atoms with van der Waals surface area (Å²) in [6.45, 7) is 5.55. The number of benzene rings is 1. The third kappa shape index (κ3) is 10.9. The maximum Gasteiger partial charge on any atom is 0.191 e. The third-order valence-electron chi connectivity index (χ3n) is 3.51. The highest BCUT2D eigenvalue weighted by Gasteiger charge is 2.08. The van der Waals surface area contributed by atoms with Crippen LogP contribution in [0.4, 0.5) is 8.78 Å². The van der Waals surface area contributed by atoms with Crippen molar-refractivity contribution in [2.24, 2.45) is 4.99 Å². The van der Waals surface area contributed by atoms with Crippen molar-refractivity contribution in [3.63, 3.8) is 0 Å². The van der Waals surface area contributed by atoms with E-state index in [0.717, 1.165) is 19.4 Å².